The molecule has 8 heteroatoms. The van der Waals surface area contributed by atoms with Crippen molar-refractivity contribution in [3.05, 3.63) is 48.3 Å². The molecule has 1 atom stereocenters. The van der Waals surface area contributed by atoms with Gasteiger partial charge < -0.3 is 20.1 Å². The highest BCUT2D eigenvalue weighted by molar-refractivity contribution is 5.91. The lowest BCUT2D eigenvalue weighted by Crippen LogP contribution is -2.30. The second-order valence-corrected chi connectivity index (χ2v) is 8.52. The topological polar surface area (TPSA) is 87.6 Å². The highest BCUT2D eigenvalue weighted by Crippen LogP contribution is 2.34. The molecular formula is C24H27FN4O3. The largest absolute Gasteiger partial charge is 0.507 e. The molecule has 1 aromatic heterocycles. The Morgan fingerprint density at radius 3 is 2.88 bits per heavy atom. The van der Waals surface area contributed by atoms with Gasteiger partial charge in [-0.15, -0.1) is 0 Å². The number of phenols is 1. The van der Waals surface area contributed by atoms with Crippen LogP contribution < -0.4 is 10.2 Å². The van der Waals surface area contributed by atoms with E-state index in [2.05, 4.69) is 15.2 Å². The highest BCUT2D eigenvalue weighted by atomic mass is 19.1. The van der Waals surface area contributed by atoms with Crippen LogP contribution in [0.2, 0.25) is 0 Å². The maximum absolute atomic E-state index is 14.0. The van der Waals surface area contributed by atoms with Crippen molar-refractivity contribution in [2.45, 2.75) is 20.3 Å². The Bertz CT molecular complexity index is 1120. The molecule has 0 bridgehead atoms. The minimum atomic E-state index is -0.409. The number of fused-ring (bicyclic) bond motifs is 1. The van der Waals surface area contributed by atoms with Crippen molar-refractivity contribution >= 4 is 22.8 Å². The van der Waals surface area contributed by atoms with Crippen molar-refractivity contribution in [3.8, 4) is 17.1 Å². The van der Waals surface area contributed by atoms with Crippen molar-refractivity contribution in [3.63, 3.8) is 0 Å². The number of anilines is 1. The quantitative estimate of drug-likeness (QED) is 0.595. The van der Waals surface area contributed by atoms with E-state index in [4.69, 9.17) is 9.72 Å². The first-order chi connectivity index (χ1) is 15.4. The molecule has 7 nitrogen and oxygen atoms in total. The Labute approximate surface area is 186 Å². The van der Waals surface area contributed by atoms with Crippen LogP contribution in [0.15, 0.2) is 42.5 Å². The number of rotatable bonds is 6. The van der Waals surface area contributed by atoms with E-state index in [1.54, 1.807) is 30.3 Å². The number of aromatic nitrogens is 2. The van der Waals surface area contributed by atoms with Gasteiger partial charge in [0.15, 0.2) is 5.82 Å². The molecule has 2 N–H and O–H groups in total. The van der Waals surface area contributed by atoms with Crippen LogP contribution in [0.5, 0.6) is 5.75 Å². The van der Waals surface area contributed by atoms with Crippen molar-refractivity contribution < 1.29 is 19.0 Å². The second kappa shape index (κ2) is 9.38. The molecule has 32 heavy (non-hydrogen) atoms. The zero-order valence-corrected chi connectivity index (χ0v) is 18.2. The molecule has 1 amide bonds. The Morgan fingerprint density at radius 2 is 2.09 bits per heavy atom. The lowest BCUT2D eigenvalue weighted by atomic mass is 10.1. The maximum Gasteiger partial charge on any atom is 0.407 e. The molecule has 1 fully saturated rings. The summed E-state index contributed by atoms with van der Waals surface area (Å²) >= 11 is 0. The lowest BCUT2D eigenvalue weighted by molar-refractivity contribution is 0.129. The first-order valence-corrected chi connectivity index (χ1v) is 10.8. The van der Waals surface area contributed by atoms with Gasteiger partial charge in [0, 0.05) is 30.9 Å². The van der Waals surface area contributed by atoms with Crippen LogP contribution >= 0.6 is 0 Å². The molecule has 0 aliphatic carbocycles. The van der Waals surface area contributed by atoms with Crippen LogP contribution in [-0.4, -0.2) is 47.4 Å². The average molecular weight is 439 g/mol. The highest BCUT2D eigenvalue weighted by Gasteiger charge is 2.27. The van der Waals surface area contributed by atoms with E-state index in [0.29, 0.717) is 60.3 Å². The third-order valence-corrected chi connectivity index (χ3v) is 5.47. The number of halogens is 1. The maximum atomic E-state index is 14.0. The fourth-order valence-electron chi connectivity index (χ4n) is 3.80. The van der Waals surface area contributed by atoms with E-state index in [0.717, 1.165) is 6.42 Å². The number of aromatic hydroxyl groups is 1. The summed E-state index contributed by atoms with van der Waals surface area (Å²) in [7, 11) is 0. The summed E-state index contributed by atoms with van der Waals surface area (Å²) in [6.07, 6.45) is 0.415. The molecule has 2 aromatic carbocycles. The summed E-state index contributed by atoms with van der Waals surface area (Å²) in [5.41, 5.74) is 1.11. The smallest absolute Gasteiger partial charge is 0.407 e. The van der Waals surface area contributed by atoms with Crippen LogP contribution in [0.4, 0.5) is 15.0 Å². The van der Waals surface area contributed by atoms with Gasteiger partial charge in [-0.2, -0.15) is 0 Å². The summed E-state index contributed by atoms with van der Waals surface area (Å²) in [6.45, 7) is 6.25. The van der Waals surface area contributed by atoms with E-state index >= 15 is 0 Å². The minimum absolute atomic E-state index is 0.0834. The predicted octanol–water partition coefficient (Wildman–Crippen LogP) is 4.35. The van der Waals surface area contributed by atoms with Gasteiger partial charge in [-0.05, 0) is 42.7 Å². The molecular weight excluding hydrogens is 411 g/mol. The van der Waals surface area contributed by atoms with E-state index in [-0.39, 0.29) is 17.5 Å². The Balaban J connectivity index is 1.56. The van der Waals surface area contributed by atoms with Gasteiger partial charge in [-0.25, -0.2) is 19.2 Å². The average Bonchev–Trinajstić information content (AvgIpc) is 3.25. The van der Waals surface area contributed by atoms with Gasteiger partial charge in [0.05, 0.1) is 17.7 Å². The van der Waals surface area contributed by atoms with Gasteiger partial charge in [0.25, 0.3) is 0 Å². The second-order valence-electron chi connectivity index (χ2n) is 8.52. The molecule has 2 heterocycles. The van der Waals surface area contributed by atoms with Gasteiger partial charge in [0.1, 0.15) is 17.4 Å². The predicted molar refractivity (Wildman–Crippen MR) is 121 cm³/mol. The number of nitrogens with zero attached hydrogens (tertiary/aromatic N) is 3. The Morgan fingerprint density at radius 1 is 1.28 bits per heavy atom. The van der Waals surface area contributed by atoms with E-state index in [1.807, 2.05) is 13.8 Å². The molecule has 0 saturated carbocycles. The fourth-order valence-corrected chi connectivity index (χ4v) is 3.80. The van der Waals surface area contributed by atoms with Gasteiger partial charge in [-0.1, -0.05) is 26.0 Å². The molecule has 0 spiro atoms. The van der Waals surface area contributed by atoms with Crippen LogP contribution in [0.25, 0.3) is 22.3 Å². The molecule has 1 unspecified atom stereocenters. The molecule has 1 saturated heterocycles. The summed E-state index contributed by atoms with van der Waals surface area (Å²) in [5.74, 6) is 1.21. The van der Waals surface area contributed by atoms with Crippen LogP contribution in [0.1, 0.15) is 20.3 Å². The molecule has 1 aliphatic heterocycles. The van der Waals surface area contributed by atoms with Gasteiger partial charge >= 0.3 is 6.09 Å². The van der Waals surface area contributed by atoms with Crippen LogP contribution in [-0.2, 0) is 4.74 Å². The molecule has 3 aromatic rings. The Hall–Kier alpha value is -3.42. The monoisotopic (exact) mass is 438 g/mol. The SMILES string of the molecule is CC(C)CNC(=O)OCC1CCN(c2nc(-c3ccccc3O)nc3ccc(F)cc23)C1. The van der Waals surface area contributed by atoms with Crippen molar-refractivity contribution in [1.82, 2.24) is 15.3 Å². The molecule has 4 rings (SSSR count). The van der Waals surface area contributed by atoms with Crippen molar-refractivity contribution in [1.29, 1.82) is 0 Å². The molecule has 168 valence electrons. The summed E-state index contributed by atoms with van der Waals surface area (Å²) in [5, 5.41) is 13.6. The summed E-state index contributed by atoms with van der Waals surface area (Å²) < 4.78 is 19.4. The third-order valence-electron chi connectivity index (χ3n) is 5.47. The van der Waals surface area contributed by atoms with E-state index in [1.165, 1.54) is 12.1 Å². The van der Waals surface area contributed by atoms with Crippen LogP contribution in [0.3, 0.4) is 0 Å². The third kappa shape index (κ3) is 4.90. The first kappa shape index (κ1) is 21.8. The van der Waals surface area contributed by atoms with E-state index in [9.17, 15) is 14.3 Å². The van der Waals surface area contributed by atoms with E-state index < -0.39 is 6.09 Å². The first-order valence-electron chi connectivity index (χ1n) is 10.8. The zero-order valence-electron chi connectivity index (χ0n) is 18.2. The fraction of sp³-hybridized carbons (Fsp3) is 0.375. The number of nitrogens with one attached hydrogen (secondary N) is 1. The zero-order chi connectivity index (χ0) is 22.7. The minimum Gasteiger partial charge on any atom is -0.507 e. The summed E-state index contributed by atoms with van der Waals surface area (Å²) in [4.78, 5) is 23.2. The summed E-state index contributed by atoms with van der Waals surface area (Å²) in [6, 6.07) is 11.3. The Kier molecular flexibility index (Phi) is 6.39. The van der Waals surface area contributed by atoms with Crippen LogP contribution in [0, 0.1) is 17.7 Å². The standard InChI is InChI=1S/C24H27FN4O3/c1-15(2)12-26-24(31)32-14-16-9-10-29(13-16)23-19-11-17(25)7-8-20(19)27-22(28-23)18-5-3-4-6-21(18)30/h3-8,11,15-16,30H,9-10,12-14H2,1-2H3,(H,26,31). The number of ether oxygens (including phenoxy) is 1. The normalized spacial score (nSPS) is 16.0. The van der Waals surface area contributed by atoms with Crippen molar-refractivity contribution in [2.24, 2.45) is 11.8 Å². The number of carbonyl (C=O) groups is 1. The van der Waals surface area contributed by atoms with Gasteiger partial charge in [0.2, 0.25) is 0 Å². The van der Waals surface area contributed by atoms with Gasteiger partial charge in [-0.3, -0.25) is 0 Å². The number of amides is 1. The number of hydrogen-bond acceptors (Lipinski definition) is 6. The number of benzene rings is 2. The number of para-hydroxylation sites is 1. The number of carbonyl (C=O) groups excluding carboxylic acids is 1. The number of phenolic OH excluding ortho intramolecular Hbond substituents is 1. The number of hydrogen-bond donors (Lipinski definition) is 2. The molecule has 1 aliphatic rings. The van der Waals surface area contributed by atoms with Crippen molar-refractivity contribution in [2.75, 3.05) is 31.1 Å². The lowest BCUT2D eigenvalue weighted by Gasteiger charge is -2.20. The molecule has 0 radical (unpaired) electrons. The number of alkyl carbamates (subject to hydrolysis) is 1.